The van der Waals surface area contributed by atoms with Gasteiger partial charge in [-0.3, -0.25) is 14.8 Å². The van der Waals surface area contributed by atoms with Crippen LogP contribution < -0.4 is 5.48 Å². The first-order valence-corrected chi connectivity index (χ1v) is 10.5. The summed E-state index contributed by atoms with van der Waals surface area (Å²) in [4.78, 5) is 26.4. The van der Waals surface area contributed by atoms with Crippen molar-refractivity contribution >= 4 is 11.8 Å². The average Bonchev–Trinajstić information content (AvgIpc) is 2.79. The Bertz CT molecular complexity index is 784. The normalized spacial score (nSPS) is 15.0. The molecule has 5 nitrogen and oxygen atoms in total. The summed E-state index contributed by atoms with van der Waals surface area (Å²) in [6.45, 7) is 1.55. The van der Waals surface area contributed by atoms with Crippen LogP contribution in [0.4, 0.5) is 0 Å². The van der Waals surface area contributed by atoms with Gasteiger partial charge >= 0.3 is 0 Å². The fraction of sp³-hybridized carbons (Fsp3) is 0.417. The molecule has 1 aliphatic rings. The Morgan fingerprint density at radius 2 is 1.59 bits per heavy atom. The summed E-state index contributed by atoms with van der Waals surface area (Å²) < 4.78 is 0. The van der Waals surface area contributed by atoms with E-state index in [1.54, 1.807) is 5.48 Å². The number of rotatable bonds is 8. The number of carbonyl (C=O) groups is 2. The first-order valence-electron chi connectivity index (χ1n) is 10.5. The van der Waals surface area contributed by atoms with Crippen molar-refractivity contribution in [2.45, 2.75) is 44.9 Å². The van der Waals surface area contributed by atoms with E-state index in [4.69, 9.17) is 5.21 Å². The van der Waals surface area contributed by atoms with Crippen LogP contribution in [0, 0.1) is 5.92 Å². The Morgan fingerprint density at radius 3 is 2.24 bits per heavy atom. The van der Waals surface area contributed by atoms with E-state index in [0.717, 1.165) is 45.2 Å². The molecule has 1 aliphatic heterocycles. The molecule has 1 atom stereocenters. The minimum Gasteiger partial charge on any atom is -0.342 e. The number of aryl methyl sites for hydroxylation is 1. The molecule has 2 N–H and O–H groups in total. The topological polar surface area (TPSA) is 69.6 Å². The van der Waals surface area contributed by atoms with Crippen LogP contribution in [0.5, 0.6) is 0 Å². The molecular weight excluding hydrogens is 364 g/mol. The minimum absolute atomic E-state index is 0.0405. The highest BCUT2D eigenvalue weighted by molar-refractivity contribution is 5.85. The summed E-state index contributed by atoms with van der Waals surface area (Å²) in [7, 11) is 0. The van der Waals surface area contributed by atoms with Crippen LogP contribution in [0.1, 0.15) is 44.1 Å². The van der Waals surface area contributed by atoms with E-state index in [-0.39, 0.29) is 18.2 Å². The van der Waals surface area contributed by atoms with Crippen LogP contribution >= 0.6 is 0 Å². The quantitative estimate of drug-likeness (QED) is 0.521. The molecule has 0 bridgehead atoms. The van der Waals surface area contributed by atoms with E-state index in [1.807, 2.05) is 23.1 Å². The minimum atomic E-state index is -0.493. The fourth-order valence-electron chi connectivity index (χ4n) is 4.00. The SMILES string of the molecule is O=C(C[C@@H](CCCc1ccc(-c2ccccc2)cc1)C(=O)N1CCCCC1)NO. The van der Waals surface area contributed by atoms with Crippen molar-refractivity contribution in [1.82, 2.24) is 10.4 Å². The number of hydrogen-bond donors (Lipinski definition) is 2. The molecule has 154 valence electrons. The van der Waals surface area contributed by atoms with E-state index in [0.29, 0.717) is 6.42 Å². The molecule has 0 radical (unpaired) electrons. The van der Waals surface area contributed by atoms with Crippen molar-refractivity contribution in [1.29, 1.82) is 0 Å². The van der Waals surface area contributed by atoms with Crippen LogP contribution in [0.2, 0.25) is 0 Å². The highest BCUT2D eigenvalue weighted by Gasteiger charge is 2.27. The van der Waals surface area contributed by atoms with Crippen molar-refractivity contribution in [3.05, 3.63) is 60.2 Å². The maximum absolute atomic E-state index is 12.9. The fourth-order valence-corrected chi connectivity index (χ4v) is 4.00. The van der Waals surface area contributed by atoms with Gasteiger partial charge in [-0.05, 0) is 55.2 Å². The van der Waals surface area contributed by atoms with Gasteiger partial charge in [0.25, 0.3) is 0 Å². The van der Waals surface area contributed by atoms with Crippen LogP contribution in [-0.2, 0) is 16.0 Å². The van der Waals surface area contributed by atoms with E-state index < -0.39 is 5.91 Å². The van der Waals surface area contributed by atoms with Gasteiger partial charge in [-0.25, -0.2) is 5.48 Å². The Balaban J connectivity index is 1.56. The predicted molar refractivity (Wildman–Crippen MR) is 113 cm³/mol. The van der Waals surface area contributed by atoms with Crippen LogP contribution in [-0.4, -0.2) is 35.0 Å². The van der Waals surface area contributed by atoms with E-state index in [2.05, 4.69) is 36.4 Å². The molecule has 1 fully saturated rings. The van der Waals surface area contributed by atoms with Crippen LogP contribution in [0.15, 0.2) is 54.6 Å². The Kier molecular flexibility index (Phi) is 7.82. The zero-order valence-electron chi connectivity index (χ0n) is 16.8. The molecule has 29 heavy (non-hydrogen) atoms. The third-order valence-electron chi connectivity index (χ3n) is 5.65. The number of nitrogens with zero attached hydrogens (tertiary/aromatic N) is 1. The number of nitrogens with one attached hydrogen (secondary N) is 1. The summed E-state index contributed by atoms with van der Waals surface area (Å²) in [5, 5.41) is 8.87. The van der Waals surface area contributed by atoms with Gasteiger partial charge in [-0.15, -0.1) is 0 Å². The van der Waals surface area contributed by atoms with Gasteiger partial charge in [0.15, 0.2) is 0 Å². The second-order valence-electron chi connectivity index (χ2n) is 7.78. The van der Waals surface area contributed by atoms with Gasteiger partial charge < -0.3 is 4.90 Å². The lowest BCUT2D eigenvalue weighted by atomic mass is 9.93. The van der Waals surface area contributed by atoms with Crippen molar-refractivity contribution in [3.8, 4) is 11.1 Å². The summed E-state index contributed by atoms with van der Waals surface area (Å²) >= 11 is 0. The van der Waals surface area contributed by atoms with Gasteiger partial charge in [0.2, 0.25) is 11.8 Å². The van der Waals surface area contributed by atoms with Crippen molar-refractivity contribution in [2.24, 2.45) is 5.92 Å². The van der Waals surface area contributed by atoms with Crippen LogP contribution in [0.3, 0.4) is 0 Å². The third kappa shape index (κ3) is 6.16. The molecule has 1 heterocycles. The number of likely N-dealkylation sites (tertiary alicyclic amines) is 1. The Hall–Kier alpha value is -2.66. The number of hydrogen-bond acceptors (Lipinski definition) is 3. The largest absolute Gasteiger partial charge is 0.342 e. The Morgan fingerprint density at radius 1 is 0.931 bits per heavy atom. The van der Waals surface area contributed by atoms with Gasteiger partial charge in [-0.1, -0.05) is 54.6 Å². The molecule has 0 saturated carbocycles. The molecule has 2 amide bonds. The lowest BCUT2D eigenvalue weighted by molar-refractivity contribution is -0.141. The molecule has 3 rings (SSSR count). The average molecular weight is 395 g/mol. The van der Waals surface area contributed by atoms with E-state index in [1.165, 1.54) is 16.7 Å². The highest BCUT2D eigenvalue weighted by atomic mass is 16.5. The maximum Gasteiger partial charge on any atom is 0.244 e. The Labute approximate surface area is 172 Å². The van der Waals surface area contributed by atoms with Crippen molar-refractivity contribution in [2.75, 3.05) is 13.1 Å². The predicted octanol–water partition coefficient (Wildman–Crippen LogP) is 4.20. The zero-order valence-corrected chi connectivity index (χ0v) is 16.8. The molecule has 2 aromatic carbocycles. The summed E-state index contributed by atoms with van der Waals surface area (Å²) in [5.41, 5.74) is 5.28. The number of benzene rings is 2. The molecule has 1 saturated heterocycles. The van der Waals surface area contributed by atoms with Gasteiger partial charge in [-0.2, -0.15) is 0 Å². The summed E-state index contributed by atoms with van der Waals surface area (Å²) in [6, 6.07) is 18.8. The smallest absolute Gasteiger partial charge is 0.244 e. The standard InChI is InChI=1S/C24H30N2O3/c27-23(25-29)18-22(24(28)26-16-5-2-6-17-26)11-7-8-19-12-14-21(15-13-19)20-9-3-1-4-10-20/h1,3-4,9-10,12-15,22,29H,2,5-8,11,16-18H2,(H,25,27)/t22-/m1/s1. The summed E-state index contributed by atoms with van der Waals surface area (Å²) in [6.07, 6.45) is 5.58. The number of piperidine rings is 1. The van der Waals surface area contributed by atoms with Gasteiger partial charge in [0, 0.05) is 25.4 Å². The molecule has 0 unspecified atom stereocenters. The van der Waals surface area contributed by atoms with Gasteiger partial charge in [0.05, 0.1) is 0 Å². The second-order valence-corrected chi connectivity index (χ2v) is 7.78. The first kappa shape index (κ1) is 21.1. The van der Waals surface area contributed by atoms with E-state index in [9.17, 15) is 9.59 Å². The molecular formula is C24H30N2O3. The monoisotopic (exact) mass is 394 g/mol. The molecule has 0 spiro atoms. The second kappa shape index (κ2) is 10.8. The highest BCUT2D eigenvalue weighted by Crippen LogP contribution is 2.22. The first-order chi connectivity index (χ1) is 14.2. The number of amides is 2. The summed E-state index contributed by atoms with van der Waals surface area (Å²) in [5.74, 6) is -0.816. The third-order valence-corrected chi connectivity index (χ3v) is 5.65. The number of carbonyl (C=O) groups excluding carboxylic acids is 2. The van der Waals surface area contributed by atoms with E-state index >= 15 is 0 Å². The lowest BCUT2D eigenvalue weighted by Crippen LogP contribution is -2.41. The molecule has 2 aromatic rings. The molecule has 0 aliphatic carbocycles. The lowest BCUT2D eigenvalue weighted by Gasteiger charge is -2.30. The van der Waals surface area contributed by atoms with Crippen molar-refractivity contribution < 1.29 is 14.8 Å². The zero-order chi connectivity index (χ0) is 20.5. The maximum atomic E-state index is 12.9. The van der Waals surface area contributed by atoms with Crippen LogP contribution in [0.25, 0.3) is 11.1 Å². The molecule has 5 heteroatoms. The number of hydroxylamine groups is 1. The molecule has 0 aromatic heterocycles. The van der Waals surface area contributed by atoms with Gasteiger partial charge in [0.1, 0.15) is 0 Å². The van der Waals surface area contributed by atoms with Crippen molar-refractivity contribution in [3.63, 3.8) is 0 Å².